The molecule has 0 saturated carbocycles. The Kier molecular flexibility index (Phi) is 9.39. The second kappa shape index (κ2) is 14.5. The van der Waals surface area contributed by atoms with E-state index < -0.39 is 0 Å². The first-order valence-corrected chi connectivity index (χ1v) is 22.6. The first-order chi connectivity index (χ1) is 28.6. The van der Waals surface area contributed by atoms with Crippen molar-refractivity contribution in [2.45, 2.75) is 121 Å². The zero-order chi connectivity index (χ0) is 40.6. The van der Waals surface area contributed by atoms with E-state index in [1.807, 2.05) is 0 Å². The monoisotopic (exact) mass is 772 g/mol. The third-order valence-corrected chi connectivity index (χ3v) is 14.2. The predicted octanol–water partition coefficient (Wildman–Crippen LogP) is 15.2. The summed E-state index contributed by atoms with van der Waals surface area (Å²) in [5.74, 6) is 1.65. The van der Waals surface area contributed by atoms with Crippen LogP contribution in [0, 0.1) is 0 Å². The Labute approximate surface area is 353 Å². The molecular formula is C58H60O. The van der Waals surface area contributed by atoms with Crippen molar-refractivity contribution in [3.63, 3.8) is 0 Å². The first-order valence-electron chi connectivity index (χ1n) is 22.6. The van der Waals surface area contributed by atoms with Crippen LogP contribution in [0.2, 0.25) is 0 Å². The van der Waals surface area contributed by atoms with Gasteiger partial charge in [-0.3, -0.25) is 0 Å². The largest absolute Gasteiger partial charge is 0.493 e. The average Bonchev–Trinajstić information content (AvgIpc) is 3.24. The second-order valence-corrected chi connectivity index (χ2v) is 19.9. The van der Waals surface area contributed by atoms with E-state index in [-0.39, 0.29) is 34.5 Å². The lowest BCUT2D eigenvalue weighted by Gasteiger charge is -2.49. The summed E-state index contributed by atoms with van der Waals surface area (Å²) in [6.07, 6.45) is 12.5. The van der Waals surface area contributed by atoms with Crippen LogP contribution in [0.5, 0.6) is 5.75 Å². The molecule has 59 heavy (non-hydrogen) atoms. The maximum atomic E-state index is 7.47. The Morgan fingerprint density at radius 2 is 0.797 bits per heavy atom. The van der Waals surface area contributed by atoms with Crippen LogP contribution >= 0.6 is 0 Å². The highest BCUT2D eigenvalue weighted by Gasteiger charge is 2.51. The first kappa shape index (κ1) is 38.1. The van der Waals surface area contributed by atoms with E-state index in [4.69, 9.17) is 4.74 Å². The molecule has 298 valence electrons. The van der Waals surface area contributed by atoms with Crippen LogP contribution in [0.25, 0.3) is 12.2 Å². The van der Waals surface area contributed by atoms with Crippen LogP contribution in [-0.2, 0) is 10.8 Å². The lowest BCUT2D eigenvalue weighted by molar-refractivity contribution is 0.295. The molecule has 0 unspecified atom stereocenters. The molecule has 0 fully saturated rings. The third kappa shape index (κ3) is 6.17. The van der Waals surface area contributed by atoms with Gasteiger partial charge in [-0.2, -0.15) is 0 Å². The standard InChI is InChI=1S/C58H60O/c1-8-9-10-11-12-21-32-59-56-54-50-43-26-17-13-22-39(43)48(40-23-14-18-27-44(40)50)52(54)47(31-30-36-33-37(57(2,3)4)35-38(34-36)58(5,6)7)53-49-41-24-15-19-28-45(41)51(55(53)56)46-29-20-16-25-42(46)49/h13-20,22-31,33-35,48-51H,8-12,21,32H2,1-7H3/b31-30+. The van der Waals surface area contributed by atoms with Gasteiger partial charge in [0.1, 0.15) is 5.75 Å². The summed E-state index contributed by atoms with van der Waals surface area (Å²) in [7, 11) is 0. The molecule has 1 nitrogen and oxygen atoms in total. The predicted molar refractivity (Wildman–Crippen MR) is 248 cm³/mol. The molecule has 6 aromatic carbocycles. The number of benzene rings is 6. The van der Waals surface area contributed by atoms with E-state index in [0.29, 0.717) is 0 Å². The Bertz CT molecular complexity index is 2370. The molecule has 0 aromatic heterocycles. The number of ether oxygens (including phenoxy) is 1. The highest BCUT2D eigenvalue weighted by atomic mass is 16.5. The zero-order valence-electron chi connectivity index (χ0n) is 36.3. The summed E-state index contributed by atoms with van der Waals surface area (Å²) in [5, 5.41) is 0. The van der Waals surface area contributed by atoms with Crippen LogP contribution < -0.4 is 4.74 Å². The summed E-state index contributed by atoms with van der Waals surface area (Å²) in [6, 6.07) is 44.6. The quantitative estimate of drug-likeness (QED) is 0.0994. The van der Waals surface area contributed by atoms with Crippen molar-refractivity contribution in [2.24, 2.45) is 0 Å². The summed E-state index contributed by atoms with van der Waals surface area (Å²) >= 11 is 0. The van der Waals surface area contributed by atoms with Gasteiger partial charge in [0.2, 0.25) is 0 Å². The van der Waals surface area contributed by atoms with Crippen molar-refractivity contribution in [3.8, 4) is 5.75 Å². The van der Waals surface area contributed by atoms with E-state index >= 15 is 0 Å². The molecule has 0 N–H and O–H groups in total. The van der Waals surface area contributed by atoms with Crippen molar-refractivity contribution in [3.05, 3.63) is 204 Å². The van der Waals surface area contributed by atoms with E-state index in [9.17, 15) is 0 Å². The fourth-order valence-corrected chi connectivity index (χ4v) is 11.3. The van der Waals surface area contributed by atoms with E-state index in [0.717, 1.165) is 13.0 Å². The van der Waals surface area contributed by atoms with Gasteiger partial charge in [0.15, 0.2) is 0 Å². The molecule has 6 aromatic rings. The van der Waals surface area contributed by atoms with Crippen molar-refractivity contribution in [1.82, 2.24) is 0 Å². The van der Waals surface area contributed by atoms with Gasteiger partial charge >= 0.3 is 0 Å². The number of hydrogen-bond acceptors (Lipinski definition) is 1. The maximum Gasteiger partial charge on any atom is 0.128 e. The minimum atomic E-state index is 0.0380. The summed E-state index contributed by atoms with van der Waals surface area (Å²) in [6.45, 7) is 17.1. The lowest BCUT2D eigenvalue weighted by atomic mass is 9.54. The van der Waals surface area contributed by atoms with Gasteiger partial charge in [0.25, 0.3) is 0 Å². The normalized spacial score (nSPS) is 19.2. The smallest absolute Gasteiger partial charge is 0.128 e. The minimum absolute atomic E-state index is 0.0380. The van der Waals surface area contributed by atoms with Gasteiger partial charge in [-0.1, -0.05) is 208 Å². The minimum Gasteiger partial charge on any atom is -0.493 e. The van der Waals surface area contributed by atoms with Gasteiger partial charge < -0.3 is 4.74 Å². The van der Waals surface area contributed by atoms with Gasteiger partial charge in [-0.05, 0) is 95.1 Å². The fourth-order valence-electron chi connectivity index (χ4n) is 11.3. The van der Waals surface area contributed by atoms with E-state index in [1.165, 1.54) is 127 Å². The van der Waals surface area contributed by atoms with E-state index in [1.54, 1.807) is 0 Å². The Hall–Kier alpha value is -5.14. The highest BCUT2D eigenvalue weighted by Crippen LogP contribution is 2.66. The molecule has 1 heteroatoms. The van der Waals surface area contributed by atoms with Gasteiger partial charge in [0, 0.05) is 34.8 Å². The topological polar surface area (TPSA) is 9.23 Å². The molecule has 6 aliphatic carbocycles. The number of unbranched alkanes of at least 4 members (excludes halogenated alkanes) is 5. The highest BCUT2D eigenvalue weighted by molar-refractivity contribution is 5.87. The van der Waals surface area contributed by atoms with Gasteiger partial charge in [0.05, 0.1) is 6.61 Å². The Morgan fingerprint density at radius 1 is 0.441 bits per heavy atom. The lowest BCUT2D eigenvalue weighted by Crippen LogP contribution is -2.34. The number of rotatable bonds is 10. The maximum absolute atomic E-state index is 7.47. The molecule has 0 radical (unpaired) electrons. The molecule has 0 heterocycles. The molecule has 0 amide bonds. The van der Waals surface area contributed by atoms with Crippen molar-refractivity contribution in [2.75, 3.05) is 6.61 Å². The average molecular weight is 773 g/mol. The van der Waals surface area contributed by atoms with E-state index in [2.05, 4.69) is 176 Å². The SMILES string of the molecule is CCCCCCCCOc1c2c(c(/C=C/c3cc(C(C)(C)C)cc(C(C)(C)C)c3)c3c1C1c4ccccc4C3c3ccccc31)C1c3ccccc3C2c2ccccc21. The van der Waals surface area contributed by atoms with Crippen molar-refractivity contribution in [1.29, 1.82) is 0 Å². The zero-order valence-corrected chi connectivity index (χ0v) is 36.3. The third-order valence-electron chi connectivity index (χ3n) is 14.2. The molecule has 6 aliphatic rings. The molecule has 4 bridgehead atoms. The van der Waals surface area contributed by atoms with Crippen LogP contribution in [0.1, 0.15) is 200 Å². The van der Waals surface area contributed by atoms with Gasteiger partial charge in [-0.15, -0.1) is 0 Å². The number of hydrogen-bond donors (Lipinski definition) is 0. The Morgan fingerprint density at radius 3 is 1.17 bits per heavy atom. The molecule has 12 rings (SSSR count). The summed E-state index contributed by atoms with van der Waals surface area (Å²) in [5.41, 5.74) is 22.9. The van der Waals surface area contributed by atoms with Gasteiger partial charge in [-0.25, -0.2) is 0 Å². The van der Waals surface area contributed by atoms with Crippen LogP contribution in [0.4, 0.5) is 0 Å². The second-order valence-electron chi connectivity index (χ2n) is 19.9. The molecule has 0 spiro atoms. The van der Waals surface area contributed by atoms with Crippen LogP contribution in [0.3, 0.4) is 0 Å². The van der Waals surface area contributed by atoms with Crippen molar-refractivity contribution >= 4 is 12.2 Å². The Balaban J connectivity index is 1.27. The fraction of sp³-hybridized carbons (Fsp3) is 0.345. The molecule has 0 saturated heterocycles. The van der Waals surface area contributed by atoms with Crippen molar-refractivity contribution < 1.29 is 4.74 Å². The van der Waals surface area contributed by atoms with Crippen LogP contribution in [0.15, 0.2) is 115 Å². The summed E-state index contributed by atoms with van der Waals surface area (Å²) < 4.78 is 7.47. The summed E-state index contributed by atoms with van der Waals surface area (Å²) in [4.78, 5) is 0. The molecule has 0 atom stereocenters. The molecule has 0 aliphatic heterocycles. The van der Waals surface area contributed by atoms with Crippen LogP contribution in [-0.4, -0.2) is 6.61 Å². The molecular weight excluding hydrogens is 713 g/mol.